The third-order valence-electron chi connectivity index (χ3n) is 2.64. The number of carbonyl (C=O) groups is 1. The second-order valence-electron chi connectivity index (χ2n) is 3.86. The van der Waals surface area contributed by atoms with Crippen molar-refractivity contribution >= 4 is 23.2 Å². The highest BCUT2D eigenvalue weighted by molar-refractivity contribution is 6.32. The molecule has 6 heteroatoms. The maximum atomic E-state index is 12.1. The van der Waals surface area contributed by atoms with Crippen molar-refractivity contribution in [3.05, 3.63) is 47.2 Å². The van der Waals surface area contributed by atoms with Gasteiger partial charge in [-0.1, -0.05) is 11.6 Å². The number of carbonyl (C=O) groups excluding carboxylic acids is 1. The Morgan fingerprint density at radius 1 is 1.26 bits per heavy atom. The van der Waals surface area contributed by atoms with E-state index >= 15 is 0 Å². The maximum Gasteiger partial charge on any atom is 0.255 e. The lowest BCUT2D eigenvalue weighted by Gasteiger charge is -2.06. The third kappa shape index (κ3) is 2.32. The molecular weight excluding hydrogens is 268 g/mol. The SMILES string of the molecule is O=C(Nc1cccnc1Cl)c1ccc2c(c1)OCO2. The van der Waals surface area contributed by atoms with Crippen LogP contribution in [0.3, 0.4) is 0 Å². The summed E-state index contributed by atoms with van der Waals surface area (Å²) in [4.78, 5) is 16.0. The van der Waals surface area contributed by atoms with Gasteiger partial charge in [-0.2, -0.15) is 0 Å². The second kappa shape index (κ2) is 4.78. The molecule has 0 atom stereocenters. The molecule has 1 aliphatic rings. The summed E-state index contributed by atoms with van der Waals surface area (Å²) in [5.74, 6) is 0.911. The molecule has 96 valence electrons. The van der Waals surface area contributed by atoms with Crippen LogP contribution < -0.4 is 14.8 Å². The molecule has 1 aliphatic heterocycles. The smallest absolute Gasteiger partial charge is 0.255 e. The van der Waals surface area contributed by atoms with Gasteiger partial charge in [0.15, 0.2) is 16.7 Å². The van der Waals surface area contributed by atoms with Crippen LogP contribution in [0.25, 0.3) is 0 Å². The van der Waals surface area contributed by atoms with E-state index in [1.807, 2.05) is 0 Å². The molecule has 2 heterocycles. The van der Waals surface area contributed by atoms with E-state index < -0.39 is 0 Å². The van der Waals surface area contributed by atoms with Gasteiger partial charge in [0.1, 0.15) is 0 Å². The van der Waals surface area contributed by atoms with Crippen LogP contribution >= 0.6 is 11.6 Å². The van der Waals surface area contributed by atoms with E-state index in [0.717, 1.165) is 0 Å². The molecule has 1 N–H and O–H groups in total. The first kappa shape index (κ1) is 11.8. The normalized spacial score (nSPS) is 12.3. The Bertz CT molecular complexity index is 646. The topological polar surface area (TPSA) is 60.5 Å². The largest absolute Gasteiger partial charge is 0.454 e. The molecule has 0 bridgehead atoms. The predicted molar refractivity (Wildman–Crippen MR) is 69.8 cm³/mol. The summed E-state index contributed by atoms with van der Waals surface area (Å²) in [6.07, 6.45) is 1.55. The number of benzene rings is 1. The number of rotatable bonds is 2. The molecule has 3 rings (SSSR count). The Labute approximate surface area is 114 Å². The van der Waals surface area contributed by atoms with Gasteiger partial charge >= 0.3 is 0 Å². The average Bonchev–Trinajstić information content (AvgIpc) is 2.88. The van der Waals surface area contributed by atoms with E-state index in [9.17, 15) is 4.79 Å². The minimum atomic E-state index is -0.284. The molecule has 1 aromatic heterocycles. The molecule has 0 saturated heterocycles. The van der Waals surface area contributed by atoms with Crippen LogP contribution in [-0.4, -0.2) is 17.7 Å². The molecule has 5 nitrogen and oxygen atoms in total. The van der Waals surface area contributed by atoms with Crippen LogP contribution in [0.1, 0.15) is 10.4 Å². The standard InChI is InChI=1S/C13H9ClN2O3/c14-12-9(2-1-5-15-12)16-13(17)8-3-4-10-11(6-8)19-7-18-10/h1-6H,7H2,(H,16,17). The highest BCUT2D eigenvalue weighted by atomic mass is 35.5. The van der Waals surface area contributed by atoms with Crippen LogP contribution in [0, 0.1) is 0 Å². The number of hydrogen-bond donors (Lipinski definition) is 1. The van der Waals surface area contributed by atoms with Gasteiger partial charge < -0.3 is 14.8 Å². The number of aromatic nitrogens is 1. The zero-order valence-electron chi connectivity index (χ0n) is 9.72. The molecule has 0 aliphatic carbocycles. The lowest BCUT2D eigenvalue weighted by atomic mass is 10.2. The lowest BCUT2D eigenvalue weighted by molar-refractivity contribution is 0.102. The highest BCUT2D eigenvalue weighted by Gasteiger charge is 2.16. The Hall–Kier alpha value is -2.27. The Morgan fingerprint density at radius 2 is 2.11 bits per heavy atom. The molecule has 0 unspecified atom stereocenters. The van der Waals surface area contributed by atoms with Gasteiger partial charge in [0.2, 0.25) is 6.79 Å². The van der Waals surface area contributed by atoms with Crippen molar-refractivity contribution in [3.8, 4) is 11.5 Å². The Morgan fingerprint density at radius 3 is 2.95 bits per heavy atom. The van der Waals surface area contributed by atoms with E-state index in [-0.39, 0.29) is 17.9 Å². The second-order valence-corrected chi connectivity index (χ2v) is 4.22. The summed E-state index contributed by atoms with van der Waals surface area (Å²) in [6, 6.07) is 8.36. The van der Waals surface area contributed by atoms with E-state index in [0.29, 0.717) is 22.7 Å². The minimum Gasteiger partial charge on any atom is -0.454 e. The van der Waals surface area contributed by atoms with Crippen molar-refractivity contribution in [1.29, 1.82) is 0 Å². The van der Waals surface area contributed by atoms with Crippen LogP contribution in [0.2, 0.25) is 5.15 Å². The summed E-state index contributed by atoms with van der Waals surface area (Å²) in [6.45, 7) is 0.175. The fourth-order valence-corrected chi connectivity index (χ4v) is 1.88. The van der Waals surface area contributed by atoms with E-state index in [2.05, 4.69) is 10.3 Å². The number of fused-ring (bicyclic) bond motifs is 1. The van der Waals surface area contributed by atoms with Gasteiger partial charge in [0, 0.05) is 11.8 Å². The van der Waals surface area contributed by atoms with Crippen molar-refractivity contribution in [1.82, 2.24) is 4.98 Å². The molecule has 1 aromatic carbocycles. The van der Waals surface area contributed by atoms with Crippen LogP contribution in [0.5, 0.6) is 11.5 Å². The molecule has 1 amide bonds. The van der Waals surface area contributed by atoms with Gasteiger partial charge in [-0.25, -0.2) is 4.98 Å². The lowest BCUT2D eigenvalue weighted by Crippen LogP contribution is -2.12. The van der Waals surface area contributed by atoms with Gasteiger partial charge in [-0.15, -0.1) is 0 Å². The molecule has 0 fully saturated rings. The first-order valence-electron chi connectivity index (χ1n) is 5.55. The molecule has 2 aromatic rings. The van der Waals surface area contributed by atoms with Crippen molar-refractivity contribution in [2.75, 3.05) is 12.1 Å². The van der Waals surface area contributed by atoms with Crippen LogP contribution in [-0.2, 0) is 0 Å². The number of anilines is 1. The fraction of sp³-hybridized carbons (Fsp3) is 0.0769. The number of hydrogen-bond acceptors (Lipinski definition) is 4. The van der Waals surface area contributed by atoms with Crippen molar-refractivity contribution in [2.24, 2.45) is 0 Å². The zero-order chi connectivity index (χ0) is 13.2. The summed E-state index contributed by atoms with van der Waals surface area (Å²) < 4.78 is 10.4. The van der Waals surface area contributed by atoms with Crippen LogP contribution in [0.4, 0.5) is 5.69 Å². The van der Waals surface area contributed by atoms with Crippen molar-refractivity contribution in [3.63, 3.8) is 0 Å². The third-order valence-corrected chi connectivity index (χ3v) is 2.94. The summed E-state index contributed by atoms with van der Waals surface area (Å²) in [7, 11) is 0. The average molecular weight is 277 g/mol. The van der Waals surface area contributed by atoms with Crippen molar-refractivity contribution < 1.29 is 14.3 Å². The Kier molecular flexibility index (Phi) is 2.97. The first-order valence-corrected chi connectivity index (χ1v) is 5.93. The number of amides is 1. The highest BCUT2D eigenvalue weighted by Crippen LogP contribution is 2.32. The summed E-state index contributed by atoms with van der Waals surface area (Å²) >= 11 is 5.88. The summed E-state index contributed by atoms with van der Waals surface area (Å²) in [5, 5.41) is 2.93. The van der Waals surface area contributed by atoms with Gasteiger partial charge in [-0.05, 0) is 30.3 Å². The van der Waals surface area contributed by atoms with Gasteiger partial charge in [0.25, 0.3) is 5.91 Å². The predicted octanol–water partition coefficient (Wildman–Crippen LogP) is 2.72. The molecule has 0 saturated carbocycles. The number of nitrogens with one attached hydrogen (secondary N) is 1. The summed E-state index contributed by atoms with van der Waals surface area (Å²) in [5.41, 5.74) is 0.927. The van der Waals surface area contributed by atoms with E-state index in [1.165, 1.54) is 0 Å². The molecule has 0 spiro atoms. The minimum absolute atomic E-state index is 0.175. The number of ether oxygens (including phenoxy) is 2. The number of pyridine rings is 1. The first-order chi connectivity index (χ1) is 9.24. The van der Waals surface area contributed by atoms with E-state index in [1.54, 1.807) is 36.5 Å². The maximum absolute atomic E-state index is 12.1. The quantitative estimate of drug-likeness (QED) is 0.857. The van der Waals surface area contributed by atoms with Gasteiger partial charge in [0.05, 0.1) is 5.69 Å². The zero-order valence-corrected chi connectivity index (χ0v) is 10.5. The molecule has 19 heavy (non-hydrogen) atoms. The fourth-order valence-electron chi connectivity index (χ4n) is 1.71. The molecule has 0 radical (unpaired) electrons. The van der Waals surface area contributed by atoms with Crippen molar-refractivity contribution in [2.45, 2.75) is 0 Å². The van der Waals surface area contributed by atoms with Gasteiger partial charge in [-0.3, -0.25) is 4.79 Å². The number of nitrogens with zero attached hydrogens (tertiary/aromatic N) is 1. The molecular formula is C13H9ClN2O3. The van der Waals surface area contributed by atoms with E-state index in [4.69, 9.17) is 21.1 Å². The Balaban J connectivity index is 1.83. The van der Waals surface area contributed by atoms with Crippen LogP contribution in [0.15, 0.2) is 36.5 Å². The monoisotopic (exact) mass is 276 g/mol. The number of halogens is 1.